The van der Waals surface area contributed by atoms with E-state index in [1.165, 1.54) is 22.9 Å². The molecule has 0 aromatic carbocycles. The van der Waals surface area contributed by atoms with Crippen molar-refractivity contribution in [3.63, 3.8) is 0 Å². The van der Waals surface area contributed by atoms with E-state index >= 15 is 0 Å². The lowest BCUT2D eigenvalue weighted by atomic mass is 9.32. The molecule has 0 saturated heterocycles. The van der Waals surface area contributed by atoms with E-state index in [0.29, 0.717) is 6.54 Å². The van der Waals surface area contributed by atoms with Crippen LogP contribution in [-0.4, -0.2) is 64.3 Å². The summed E-state index contributed by atoms with van der Waals surface area (Å²) in [4.78, 5) is 26.4. The topological polar surface area (TPSA) is 129 Å². The molecule has 172 valence electrons. The molecule has 2 heterocycles. The lowest BCUT2D eigenvalue weighted by molar-refractivity contribution is -0.196. The highest BCUT2D eigenvalue weighted by atomic mass is 32.2. The molecule has 5 aliphatic rings. The first-order valence-electron chi connectivity index (χ1n) is 10.7. The Bertz CT molecular complexity index is 1190. The molecule has 0 unspecified atom stereocenters. The van der Waals surface area contributed by atoms with Crippen molar-refractivity contribution < 1.29 is 28.3 Å². The highest BCUT2D eigenvalue weighted by Crippen LogP contribution is 2.77. The van der Waals surface area contributed by atoms with Gasteiger partial charge >= 0.3 is 6.03 Å². The van der Waals surface area contributed by atoms with Gasteiger partial charge in [-0.2, -0.15) is 0 Å². The molecule has 2 amide bonds. The number of allylic oxidation sites excluding steroid dienone is 4. The largest absolute Gasteiger partial charge is 0.396 e. The molecule has 3 fully saturated rings. The van der Waals surface area contributed by atoms with Crippen LogP contribution in [0.1, 0.15) is 43.9 Å². The zero-order valence-corrected chi connectivity index (χ0v) is 18.9. The Morgan fingerprint density at radius 1 is 1.28 bits per heavy atom. The maximum absolute atomic E-state index is 12.9. The van der Waals surface area contributed by atoms with Crippen LogP contribution in [0.3, 0.4) is 0 Å². The maximum Gasteiger partial charge on any atom is 0.328 e. The van der Waals surface area contributed by atoms with Crippen LogP contribution < -0.4 is 5.48 Å². The number of rotatable bonds is 8. The molecule has 1 aromatic heterocycles. The summed E-state index contributed by atoms with van der Waals surface area (Å²) in [7, 11) is -3.82. The number of carbonyl (C=O) groups is 2. The van der Waals surface area contributed by atoms with Gasteiger partial charge in [0.05, 0.1) is 6.54 Å². The standard InChI is InChI=1S/C22H27N3O6S/c1-20(18(27)23-29,32(2,30)31)5-6-24-9-15-7-14(8-25(15)19(24)28)16-3-4-17(16)22-10-21(11-22,12-22)13-26/h3-4,7-8,26,29H,5-6,9-13H2,1-2H3,(H,23,27)/t20-,21?,22?/m1/s1. The molecule has 3 N–H and O–H groups in total. The number of aromatic nitrogens is 1. The van der Waals surface area contributed by atoms with Gasteiger partial charge in [-0.15, -0.1) is 0 Å². The number of hydrogen-bond acceptors (Lipinski definition) is 6. The van der Waals surface area contributed by atoms with Crippen molar-refractivity contribution in [2.75, 3.05) is 19.4 Å². The van der Waals surface area contributed by atoms with E-state index in [1.807, 2.05) is 12.3 Å². The highest BCUT2D eigenvalue weighted by molar-refractivity contribution is 7.92. The molecule has 0 spiro atoms. The predicted octanol–water partition coefficient (Wildman–Crippen LogP) is 1.46. The quantitative estimate of drug-likeness (QED) is 0.397. The fraction of sp³-hybridized carbons (Fsp3) is 0.545. The maximum atomic E-state index is 12.9. The first-order valence-corrected chi connectivity index (χ1v) is 12.6. The van der Waals surface area contributed by atoms with Crippen LogP contribution in [0.25, 0.3) is 5.57 Å². The second-order valence-electron chi connectivity index (χ2n) is 10.1. The first kappa shape index (κ1) is 21.4. The SMILES string of the molecule is C[C@@](CCN1Cc2cc(C3=CC=C3C34CC(CO)(C3)C4)cn2C1=O)(C(=O)NO)S(C)(=O)=O. The third kappa shape index (κ3) is 2.72. The van der Waals surface area contributed by atoms with Crippen molar-refractivity contribution in [1.82, 2.24) is 14.9 Å². The van der Waals surface area contributed by atoms with Crippen molar-refractivity contribution in [3.05, 3.63) is 41.2 Å². The van der Waals surface area contributed by atoms with Gasteiger partial charge in [0.1, 0.15) is 0 Å². The Morgan fingerprint density at radius 2 is 1.97 bits per heavy atom. The van der Waals surface area contributed by atoms with Gasteiger partial charge in [0.15, 0.2) is 14.6 Å². The predicted molar refractivity (Wildman–Crippen MR) is 115 cm³/mol. The van der Waals surface area contributed by atoms with Crippen molar-refractivity contribution in [1.29, 1.82) is 0 Å². The van der Waals surface area contributed by atoms with Crippen molar-refractivity contribution in [3.8, 4) is 0 Å². The molecule has 6 rings (SSSR count). The van der Waals surface area contributed by atoms with Crippen LogP contribution in [-0.2, 0) is 21.2 Å². The molecular weight excluding hydrogens is 434 g/mol. The Morgan fingerprint density at radius 3 is 2.47 bits per heavy atom. The summed E-state index contributed by atoms with van der Waals surface area (Å²) in [5, 5.41) is 18.5. The number of sulfone groups is 1. The number of nitrogens with one attached hydrogen (secondary N) is 1. The lowest BCUT2D eigenvalue weighted by Gasteiger charge is -2.72. The Labute approximate surface area is 186 Å². The monoisotopic (exact) mass is 461 g/mol. The molecule has 9 nitrogen and oxygen atoms in total. The minimum absolute atomic E-state index is 0.0625. The number of fused-ring (bicyclic) bond motifs is 1. The summed E-state index contributed by atoms with van der Waals surface area (Å²) in [5.74, 6) is -1.01. The first-order chi connectivity index (χ1) is 15.0. The molecule has 10 heteroatoms. The number of carbonyl (C=O) groups excluding carboxylic acids is 2. The van der Waals surface area contributed by atoms with Crippen LogP contribution in [0.15, 0.2) is 30.0 Å². The molecule has 4 aliphatic carbocycles. The Hall–Kier alpha value is -2.43. The summed E-state index contributed by atoms with van der Waals surface area (Å²) in [5.41, 5.74) is 6.04. The van der Waals surface area contributed by atoms with Crippen LogP contribution in [0.4, 0.5) is 4.79 Å². The van der Waals surface area contributed by atoms with Gasteiger partial charge in [0.25, 0.3) is 5.91 Å². The number of amides is 2. The van der Waals surface area contributed by atoms with Gasteiger partial charge < -0.3 is 10.0 Å². The van der Waals surface area contributed by atoms with Crippen molar-refractivity contribution >= 4 is 27.3 Å². The van der Waals surface area contributed by atoms with E-state index in [-0.39, 0.29) is 36.4 Å². The molecule has 3 saturated carbocycles. The molecular formula is C22H27N3O6S. The zero-order chi connectivity index (χ0) is 23.1. The minimum Gasteiger partial charge on any atom is -0.396 e. The molecule has 2 bridgehead atoms. The molecule has 1 atom stereocenters. The molecule has 0 radical (unpaired) electrons. The van der Waals surface area contributed by atoms with Crippen LogP contribution in [0.2, 0.25) is 0 Å². The average Bonchev–Trinajstić information content (AvgIpc) is 3.17. The second kappa shape index (κ2) is 6.55. The molecule has 32 heavy (non-hydrogen) atoms. The van der Waals surface area contributed by atoms with Gasteiger partial charge in [-0.1, -0.05) is 12.2 Å². The summed E-state index contributed by atoms with van der Waals surface area (Å²) >= 11 is 0. The van der Waals surface area contributed by atoms with E-state index in [0.717, 1.165) is 42.3 Å². The highest BCUT2D eigenvalue weighted by Gasteiger charge is 2.69. The van der Waals surface area contributed by atoms with Crippen LogP contribution >= 0.6 is 0 Å². The number of hydrogen-bond donors (Lipinski definition) is 3. The fourth-order valence-electron chi connectivity index (χ4n) is 5.90. The van der Waals surface area contributed by atoms with Gasteiger partial charge in [0.2, 0.25) is 0 Å². The number of aliphatic hydroxyl groups is 1. The number of nitrogens with zero attached hydrogens (tertiary/aromatic N) is 2. The van der Waals surface area contributed by atoms with Crippen molar-refractivity contribution in [2.45, 2.75) is 43.9 Å². The van der Waals surface area contributed by atoms with Crippen LogP contribution in [0, 0.1) is 10.8 Å². The summed E-state index contributed by atoms with van der Waals surface area (Å²) in [6.45, 7) is 1.89. The van der Waals surface area contributed by atoms with E-state index in [9.17, 15) is 23.1 Å². The van der Waals surface area contributed by atoms with E-state index < -0.39 is 20.5 Å². The third-order valence-corrected chi connectivity index (χ3v) is 10.1. The minimum atomic E-state index is -3.82. The summed E-state index contributed by atoms with van der Waals surface area (Å²) in [6, 6.07) is 1.72. The zero-order valence-electron chi connectivity index (χ0n) is 18.1. The van der Waals surface area contributed by atoms with Gasteiger partial charge in [-0.05, 0) is 60.6 Å². The molecule has 1 aliphatic heterocycles. The Kier molecular flexibility index (Phi) is 4.39. The normalized spacial score (nSPS) is 29.8. The average molecular weight is 462 g/mol. The van der Waals surface area contributed by atoms with E-state index in [2.05, 4.69) is 12.2 Å². The van der Waals surface area contributed by atoms with Gasteiger partial charge in [0, 0.05) is 36.9 Å². The smallest absolute Gasteiger partial charge is 0.328 e. The van der Waals surface area contributed by atoms with Crippen LogP contribution in [0.5, 0.6) is 0 Å². The number of aliphatic hydroxyl groups excluding tert-OH is 1. The summed E-state index contributed by atoms with van der Waals surface area (Å²) in [6.07, 6.45) is 9.93. The Balaban J connectivity index is 1.26. The van der Waals surface area contributed by atoms with E-state index in [1.54, 1.807) is 4.57 Å². The summed E-state index contributed by atoms with van der Waals surface area (Å²) < 4.78 is 24.0. The molecule has 1 aromatic rings. The van der Waals surface area contributed by atoms with E-state index in [4.69, 9.17) is 5.21 Å². The lowest BCUT2D eigenvalue weighted by Crippen LogP contribution is -2.64. The van der Waals surface area contributed by atoms with Crippen molar-refractivity contribution in [2.24, 2.45) is 10.8 Å². The number of hydroxylamine groups is 1. The van der Waals surface area contributed by atoms with Gasteiger partial charge in [-0.25, -0.2) is 18.7 Å². The second-order valence-corrected chi connectivity index (χ2v) is 12.6. The van der Waals surface area contributed by atoms with Gasteiger partial charge in [-0.3, -0.25) is 14.6 Å². The third-order valence-electron chi connectivity index (χ3n) is 8.05. The fourth-order valence-corrected chi connectivity index (χ4v) is 6.74.